The second-order valence-corrected chi connectivity index (χ2v) is 23.9. The molecule has 6 aromatic rings. The van der Waals surface area contributed by atoms with Gasteiger partial charge < -0.3 is 4.90 Å². The van der Waals surface area contributed by atoms with Gasteiger partial charge in [-0.1, -0.05) is 128 Å². The van der Waals surface area contributed by atoms with E-state index < -0.39 is 0 Å². The van der Waals surface area contributed by atoms with Gasteiger partial charge in [-0.3, -0.25) is 0 Å². The van der Waals surface area contributed by atoms with Crippen molar-refractivity contribution in [3.8, 4) is 22.3 Å². The number of rotatable bonds is 4. The minimum Gasteiger partial charge on any atom is -0.310 e. The first-order valence-electron chi connectivity index (χ1n) is 24.0. The Balaban J connectivity index is 1.12. The van der Waals surface area contributed by atoms with Gasteiger partial charge in [-0.2, -0.15) is 0 Å². The molecule has 0 aliphatic heterocycles. The van der Waals surface area contributed by atoms with E-state index in [0.29, 0.717) is 5.41 Å². The highest BCUT2D eigenvalue weighted by atomic mass is 15.1. The van der Waals surface area contributed by atoms with Gasteiger partial charge in [0, 0.05) is 22.4 Å². The molecule has 7 aliphatic rings. The van der Waals surface area contributed by atoms with Crippen LogP contribution in [0.3, 0.4) is 0 Å². The van der Waals surface area contributed by atoms with E-state index in [-0.39, 0.29) is 27.1 Å². The zero-order valence-corrected chi connectivity index (χ0v) is 37.9. The van der Waals surface area contributed by atoms with Crippen molar-refractivity contribution in [1.82, 2.24) is 0 Å². The van der Waals surface area contributed by atoms with Crippen LogP contribution in [0.1, 0.15) is 140 Å². The summed E-state index contributed by atoms with van der Waals surface area (Å²) in [7, 11) is 0. The summed E-state index contributed by atoms with van der Waals surface area (Å²) < 4.78 is 0. The number of anilines is 3. The molecule has 0 heterocycles. The minimum absolute atomic E-state index is 0.0992. The first-order valence-corrected chi connectivity index (χ1v) is 24.0. The molecule has 308 valence electrons. The van der Waals surface area contributed by atoms with Crippen LogP contribution in [-0.4, -0.2) is 0 Å². The normalized spacial score (nSPS) is 30.4. The fourth-order valence-electron chi connectivity index (χ4n) is 16.0. The zero-order valence-electron chi connectivity index (χ0n) is 37.9. The van der Waals surface area contributed by atoms with E-state index in [1.165, 1.54) is 124 Å². The van der Waals surface area contributed by atoms with Gasteiger partial charge in [0.25, 0.3) is 0 Å². The number of hydrogen-bond donors (Lipinski definition) is 0. The molecule has 4 saturated carbocycles. The molecule has 7 aliphatic carbocycles. The Kier molecular flexibility index (Phi) is 7.08. The molecule has 2 bridgehead atoms. The lowest BCUT2D eigenvalue weighted by atomic mass is 9.27. The molecule has 4 fully saturated rings. The summed E-state index contributed by atoms with van der Waals surface area (Å²) in [5, 5.41) is 2.60. The van der Waals surface area contributed by atoms with Gasteiger partial charge in [0.2, 0.25) is 0 Å². The number of nitrogens with zero attached hydrogens (tertiary/aromatic N) is 1. The molecule has 0 radical (unpaired) electrons. The summed E-state index contributed by atoms with van der Waals surface area (Å²) in [6, 6.07) is 46.5. The molecular formula is C60H63N. The molecule has 6 atom stereocenters. The van der Waals surface area contributed by atoms with Gasteiger partial charge in [-0.05, 0) is 205 Å². The van der Waals surface area contributed by atoms with Crippen molar-refractivity contribution in [3.05, 3.63) is 149 Å². The molecule has 1 nitrogen and oxygen atoms in total. The lowest BCUT2D eigenvalue weighted by Gasteiger charge is -2.76. The van der Waals surface area contributed by atoms with E-state index in [4.69, 9.17) is 0 Å². The van der Waals surface area contributed by atoms with Gasteiger partial charge in [0.05, 0.1) is 5.69 Å². The van der Waals surface area contributed by atoms with Crippen LogP contribution in [0.15, 0.2) is 115 Å². The van der Waals surface area contributed by atoms with Crippen molar-refractivity contribution in [3.63, 3.8) is 0 Å². The molecule has 13 rings (SSSR count). The second-order valence-electron chi connectivity index (χ2n) is 23.9. The monoisotopic (exact) mass is 797 g/mol. The Morgan fingerprint density at radius 1 is 0.443 bits per heavy atom. The van der Waals surface area contributed by atoms with Crippen LogP contribution in [0.5, 0.6) is 0 Å². The maximum atomic E-state index is 2.77. The van der Waals surface area contributed by atoms with Crippen LogP contribution < -0.4 is 4.90 Å². The van der Waals surface area contributed by atoms with Gasteiger partial charge in [0.1, 0.15) is 0 Å². The van der Waals surface area contributed by atoms with Crippen molar-refractivity contribution in [2.24, 2.45) is 29.1 Å². The molecule has 61 heavy (non-hydrogen) atoms. The van der Waals surface area contributed by atoms with E-state index in [1.807, 2.05) is 0 Å². The number of benzene rings is 6. The van der Waals surface area contributed by atoms with Crippen LogP contribution in [-0.2, 0) is 27.1 Å². The molecule has 0 N–H and O–H groups in total. The van der Waals surface area contributed by atoms with Gasteiger partial charge in [-0.15, -0.1) is 0 Å². The molecule has 6 aromatic carbocycles. The molecule has 2 spiro atoms. The number of fused-ring (bicyclic) bond motifs is 11. The van der Waals surface area contributed by atoms with E-state index >= 15 is 0 Å². The van der Waals surface area contributed by atoms with Gasteiger partial charge >= 0.3 is 0 Å². The maximum Gasteiger partial charge on any atom is 0.0543 e. The van der Waals surface area contributed by atoms with Crippen molar-refractivity contribution in [2.45, 2.75) is 134 Å². The smallest absolute Gasteiger partial charge is 0.0543 e. The van der Waals surface area contributed by atoms with Crippen molar-refractivity contribution in [1.29, 1.82) is 0 Å². The molecule has 0 saturated heterocycles. The molecular weight excluding hydrogens is 735 g/mol. The average molecular weight is 798 g/mol. The number of hydrogen-bond acceptors (Lipinski definition) is 1. The third-order valence-electron chi connectivity index (χ3n) is 19.2. The maximum absolute atomic E-state index is 2.77. The summed E-state index contributed by atoms with van der Waals surface area (Å²) in [4.78, 5) is 2.73. The Bertz CT molecular complexity index is 2800. The Labute approximate surface area is 365 Å². The van der Waals surface area contributed by atoms with Crippen LogP contribution in [0.25, 0.3) is 33.0 Å². The van der Waals surface area contributed by atoms with E-state index in [2.05, 4.69) is 176 Å². The lowest BCUT2D eigenvalue weighted by molar-refractivity contribution is -0.231. The molecule has 0 amide bonds. The Morgan fingerprint density at radius 3 is 1.69 bits per heavy atom. The third-order valence-corrected chi connectivity index (χ3v) is 19.2. The first kappa shape index (κ1) is 37.0. The van der Waals surface area contributed by atoms with E-state index in [1.54, 1.807) is 11.1 Å². The lowest BCUT2D eigenvalue weighted by Crippen LogP contribution is -2.73. The largest absolute Gasteiger partial charge is 0.310 e. The highest BCUT2D eigenvalue weighted by Crippen LogP contribution is 2.89. The summed E-state index contributed by atoms with van der Waals surface area (Å²) in [6.45, 7) is 19.8. The van der Waals surface area contributed by atoms with Crippen LogP contribution in [0.2, 0.25) is 0 Å². The van der Waals surface area contributed by atoms with Crippen molar-refractivity contribution >= 4 is 27.8 Å². The fourth-order valence-corrected chi connectivity index (χ4v) is 16.0. The highest BCUT2D eigenvalue weighted by Gasteiger charge is 2.84. The van der Waals surface area contributed by atoms with E-state index in [0.717, 1.165) is 23.7 Å². The van der Waals surface area contributed by atoms with Crippen LogP contribution >= 0.6 is 0 Å². The standard InChI is InChI=1S/C60H63N/c1-55(2)23-25-57(5,6)50-31-41(19-21-47(50)55)61(42-20-22-48-51(32-42)58(7,8)26-24-56(48,3)4)52-34-49-45(33-44(52)39-18-17-37-13-9-10-14-38(37)29-39)43-15-11-12-16-46(43)60(49)53-28-36-27-40-30-54(60)59(40,53)35-36/h9-22,29,31-34,36,40,53-54H,23-28,30,35H2,1-8H3. The quantitative estimate of drug-likeness (QED) is 0.172. The first-order chi connectivity index (χ1) is 29.1. The van der Waals surface area contributed by atoms with Gasteiger partial charge in [-0.25, -0.2) is 0 Å². The van der Waals surface area contributed by atoms with Crippen molar-refractivity contribution in [2.75, 3.05) is 4.90 Å². The summed E-state index contributed by atoms with van der Waals surface area (Å²) in [5.41, 5.74) is 20.1. The predicted molar refractivity (Wildman–Crippen MR) is 256 cm³/mol. The summed E-state index contributed by atoms with van der Waals surface area (Å²) >= 11 is 0. The third kappa shape index (κ3) is 4.59. The second kappa shape index (κ2) is 11.7. The predicted octanol–water partition coefficient (Wildman–Crippen LogP) is 16.0. The highest BCUT2D eigenvalue weighted by molar-refractivity contribution is 5.98. The van der Waals surface area contributed by atoms with Crippen molar-refractivity contribution < 1.29 is 0 Å². The van der Waals surface area contributed by atoms with Crippen LogP contribution in [0.4, 0.5) is 17.1 Å². The SMILES string of the molecule is CC1(C)CCC(C)(C)c2cc(N(c3ccc4c(c3)C(C)(C)CCC4(C)C)c3cc4c(cc3-c3ccc5ccccc5c3)-c3ccccc3C43C4CC5CC6CC3C64C5)ccc21. The van der Waals surface area contributed by atoms with Crippen LogP contribution in [0, 0.1) is 29.1 Å². The average Bonchev–Trinajstić information content (AvgIpc) is 3.88. The summed E-state index contributed by atoms with van der Waals surface area (Å²) in [6.07, 6.45) is 10.7. The summed E-state index contributed by atoms with van der Waals surface area (Å²) in [5.74, 6) is 3.41. The van der Waals surface area contributed by atoms with Gasteiger partial charge in [0.15, 0.2) is 0 Å². The molecule has 1 heteroatoms. The fraction of sp³-hybridized carbons (Fsp3) is 0.433. The molecule has 6 unspecified atom stereocenters. The Hall–Kier alpha value is -4.62. The molecule has 0 aromatic heterocycles. The Morgan fingerprint density at radius 2 is 1.03 bits per heavy atom. The topological polar surface area (TPSA) is 3.24 Å². The minimum atomic E-state index is 0.0992. The zero-order chi connectivity index (χ0) is 41.6. The van der Waals surface area contributed by atoms with E-state index in [9.17, 15) is 0 Å².